The second kappa shape index (κ2) is 1.99. The lowest BCUT2D eigenvalue weighted by atomic mass is 10.0. The Bertz CT molecular complexity index is 95.2. The Morgan fingerprint density at radius 2 is 2.00 bits per heavy atom. The number of rotatable bonds is 0. The van der Waals surface area contributed by atoms with E-state index in [1.54, 1.807) is 0 Å². The molecule has 0 unspecified atom stereocenters. The van der Waals surface area contributed by atoms with Gasteiger partial charge in [-0.1, -0.05) is 6.92 Å². The van der Waals surface area contributed by atoms with Crippen LogP contribution in [0.15, 0.2) is 17.9 Å². The number of hydrogen-bond donors (Lipinski definition) is 0. The molecule has 1 rings (SSSR count). The van der Waals surface area contributed by atoms with Crippen LogP contribution in [0.5, 0.6) is 0 Å². The summed E-state index contributed by atoms with van der Waals surface area (Å²) in [6, 6.07) is 0. The third-order valence-corrected chi connectivity index (χ3v) is 1.28. The van der Waals surface area contributed by atoms with Crippen molar-refractivity contribution in [1.82, 2.24) is 0 Å². The monoisotopic (exact) mass is 94.1 g/mol. The Balaban J connectivity index is 2.49. The standard InChI is InChI=1S/C7H10/c1-7-5-3-2-4-6-7/h3-4,7H,5-6H2,1H3. The lowest BCUT2D eigenvalue weighted by molar-refractivity contribution is 0.595. The molecule has 0 heterocycles. The average Bonchev–Trinajstić information content (AvgIpc) is 1.69. The van der Waals surface area contributed by atoms with Crippen LogP contribution in [0.3, 0.4) is 0 Å². The molecule has 0 fully saturated rings. The lowest BCUT2D eigenvalue weighted by Crippen LogP contribution is -1.90. The van der Waals surface area contributed by atoms with Gasteiger partial charge in [-0.2, -0.15) is 0 Å². The first-order chi connectivity index (χ1) is 3.39. The highest BCUT2D eigenvalue weighted by atomic mass is 14.0. The van der Waals surface area contributed by atoms with Gasteiger partial charge in [-0.15, -0.1) is 5.73 Å². The van der Waals surface area contributed by atoms with Gasteiger partial charge in [0, 0.05) is 0 Å². The van der Waals surface area contributed by atoms with Crippen LogP contribution in [0.25, 0.3) is 0 Å². The molecule has 0 heteroatoms. The molecule has 0 nitrogen and oxygen atoms in total. The second-order valence-electron chi connectivity index (χ2n) is 2.15. The molecular weight excluding hydrogens is 84.1 g/mol. The van der Waals surface area contributed by atoms with Crippen LogP contribution in [0.4, 0.5) is 0 Å². The highest BCUT2D eigenvalue weighted by Gasteiger charge is 1.96. The molecule has 0 saturated carbocycles. The molecule has 0 radical (unpaired) electrons. The fourth-order valence-electron chi connectivity index (χ4n) is 0.718. The summed E-state index contributed by atoms with van der Waals surface area (Å²) in [4.78, 5) is 0. The van der Waals surface area contributed by atoms with E-state index in [2.05, 4.69) is 24.8 Å². The SMILES string of the molecule is CC1CC=C=CC1. The summed E-state index contributed by atoms with van der Waals surface area (Å²) in [6.07, 6.45) is 6.65. The molecule has 38 valence electrons. The molecule has 0 aromatic rings. The van der Waals surface area contributed by atoms with Gasteiger partial charge in [-0.05, 0) is 30.9 Å². The largest absolute Gasteiger partial charge is 0.130 e. The molecule has 1 aliphatic rings. The van der Waals surface area contributed by atoms with E-state index < -0.39 is 0 Å². The Labute approximate surface area is 44.5 Å². The highest BCUT2D eigenvalue weighted by Crippen LogP contribution is 2.10. The van der Waals surface area contributed by atoms with Crippen molar-refractivity contribution < 1.29 is 0 Å². The van der Waals surface area contributed by atoms with E-state index >= 15 is 0 Å². The molecule has 1 aliphatic carbocycles. The minimum absolute atomic E-state index is 0.862. The van der Waals surface area contributed by atoms with E-state index in [0.29, 0.717) is 0 Å². The van der Waals surface area contributed by atoms with Gasteiger partial charge in [0.05, 0.1) is 0 Å². The molecule has 0 N–H and O–H groups in total. The number of allylic oxidation sites excluding steroid dienone is 1. The smallest absolute Gasteiger partial charge is 0.0245 e. The van der Waals surface area contributed by atoms with Gasteiger partial charge < -0.3 is 0 Å². The zero-order valence-electron chi connectivity index (χ0n) is 4.65. The molecule has 0 atom stereocenters. The van der Waals surface area contributed by atoms with Gasteiger partial charge >= 0.3 is 0 Å². The van der Waals surface area contributed by atoms with E-state index in [9.17, 15) is 0 Å². The third-order valence-electron chi connectivity index (χ3n) is 1.28. The normalized spacial score (nSPS) is 20.7. The van der Waals surface area contributed by atoms with Crippen molar-refractivity contribution in [2.75, 3.05) is 0 Å². The minimum atomic E-state index is 0.862. The summed E-state index contributed by atoms with van der Waals surface area (Å²) in [6.45, 7) is 2.26. The van der Waals surface area contributed by atoms with Gasteiger partial charge in [0.2, 0.25) is 0 Å². The molecule has 0 aliphatic heterocycles. The lowest BCUT2D eigenvalue weighted by Gasteiger charge is -2.04. The minimum Gasteiger partial charge on any atom is -0.130 e. The molecule has 0 saturated heterocycles. The van der Waals surface area contributed by atoms with Gasteiger partial charge in [0.15, 0.2) is 0 Å². The van der Waals surface area contributed by atoms with Gasteiger partial charge in [0.1, 0.15) is 0 Å². The van der Waals surface area contributed by atoms with E-state index in [-0.39, 0.29) is 0 Å². The van der Waals surface area contributed by atoms with Crippen molar-refractivity contribution in [2.45, 2.75) is 19.8 Å². The van der Waals surface area contributed by atoms with Crippen LogP contribution >= 0.6 is 0 Å². The summed E-state index contributed by atoms with van der Waals surface area (Å²) in [7, 11) is 0. The van der Waals surface area contributed by atoms with Crippen LogP contribution in [0, 0.1) is 5.92 Å². The number of hydrogen-bond acceptors (Lipinski definition) is 0. The molecule has 0 bridgehead atoms. The first-order valence-electron chi connectivity index (χ1n) is 2.79. The molecular formula is C7H10. The third kappa shape index (κ3) is 1.21. The van der Waals surface area contributed by atoms with Crippen molar-refractivity contribution in [3.63, 3.8) is 0 Å². The Morgan fingerprint density at radius 1 is 1.43 bits per heavy atom. The van der Waals surface area contributed by atoms with E-state index in [0.717, 1.165) is 5.92 Å². The molecule has 0 spiro atoms. The highest BCUT2D eigenvalue weighted by molar-refractivity contribution is 4.92. The topological polar surface area (TPSA) is 0 Å². The fourth-order valence-corrected chi connectivity index (χ4v) is 0.718. The average molecular weight is 94.2 g/mol. The van der Waals surface area contributed by atoms with Crippen molar-refractivity contribution >= 4 is 0 Å². The second-order valence-corrected chi connectivity index (χ2v) is 2.15. The summed E-state index contributed by atoms with van der Waals surface area (Å²) < 4.78 is 0. The maximum absolute atomic E-state index is 3.07. The van der Waals surface area contributed by atoms with Gasteiger partial charge in [-0.3, -0.25) is 0 Å². The molecule has 0 amide bonds. The molecule has 0 aromatic heterocycles. The van der Waals surface area contributed by atoms with Gasteiger partial charge in [-0.25, -0.2) is 0 Å². The van der Waals surface area contributed by atoms with E-state index in [4.69, 9.17) is 0 Å². The fraction of sp³-hybridized carbons (Fsp3) is 0.571. The zero-order valence-corrected chi connectivity index (χ0v) is 4.65. The van der Waals surface area contributed by atoms with Crippen LogP contribution in [-0.4, -0.2) is 0 Å². The van der Waals surface area contributed by atoms with Crippen LogP contribution < -0.4 is 0 Å². The van der Waals surface area contributed by atoms with E-state index in [1.165, 1.54) is 12.8 Å². The first kappa shape index (κ1) is 4.67. The van der Waals surface area contributed by atoms with Crippen molar-refractivity contribution in [3.8, 4) is 0 Å². The maximum Gasteiger partial charge on any atom is -0.0245 e. The quantitative estimate of drug-likeness (QED) is 0.403. The summed E-state index contributed by atoms with van der Waals surface area (Å²) in [5, 5.41) is 0. The Morgan fingerprint density at radius 3 is 2.29 bits per heavy atom. The predicted octanol–water partition coefficient (Wildman–Crippen LogP) is 2.13. The maximum atomic E-state index is 3.07. The van der Waals surface area contributed by atoms with Gasteiger partial charge in [0.25, 0.3) is 0 Å². The predicted molar refractivity (Wildman–Crippen MR) is 31.1 cm³/mol. The van der Waals surface area contributed by atoms with Crippen LogP contribution in [-0.2, 0) is 0 Å². The Kier molecular flexibility index (Phi) is 1.33. The van der Waals surface area contributed by atoms with E-state index in [1.807, 2.05) is 0 Å². The summed E-state index contributed by atoms with van der Waals surface area (Å²) in [5.41, 5.74) is 3.07. The molecule has 0 aromatic carbocycles. The zero-order chi connectivity index (χ0) is 5.11. The summed E-state index contributed by atoms with van der Waals surface area (Å²) in [5.74, 6) is 0.862. The first-order valence-corrected chi connectivity index (χ1v) is 2.79. The van der Waals surface area contributed by atoms with Crippen molar-refractivity contribution in [2.24, 2.45) is 5.92 Å². The van der Waals surface area contributed by atoms with Crippen LogP contribution in [0.2, 0.25) is 0 Å². The van der Waals surface area contributed by atoms with Crippen molar-refractivity contribution in [1.29, 1.82) is 0 Å². The van der Waals surface area contributed by atoms with Crippen molar-refractivity contribution in [3.05, 3.63) is 17.9 Å². The Hall–Kier alpha value is -0.480. The summed E-state index contributed by atoms with van der Waals surface area (Å²) >= 11 is 0. The van der Waals surface area contributed by atoms with Crippen LogP contribution in [0.1, 0.15) is 19.8 Å². The molecule has 7 heavy (non-hydrogen) atoms.